The van der Waals surface area contributed by atoms with Gasteiger partial charge in [0.2, 0.25) is 0 Å². The molecule has 15 heavy (non-hydrogen) atoms. The van der Waals surface area contributed by atoms with Gasteiger partial charge < -0.3 is 4.57 Å². The smallest absolute Gasteiger partial charge is 0.168 e. The second-order valence-corrected chi connectivity index (χ2v) is 3.31. The number of rotatable bonds is 3. The fourth-order valence-corrected chi connectivity index (χ4v) is 1.51. The van der Waals surface area contributed by atoms with Crippen molar-refractivity contribution >= 4 is 6.29 Å². The third kappa shape index (κ3) is 1.79. The van der Waals surface area contributed by atoms with E-state index in [9.17, 15) is 4.79 Å². The summed E-state index contributed by atoms with van der Waals surface area (Å²) < 4.78 is 1.82. The molecule has 1 unspecified atom stereocenters. The van der Waals surface area contributed by atoms with Crippen molar-refractivity contribution in [2.75, 3.05) is 0 Å². The first-order chi connectivity index (χ1) is 7.33. The van der Waals surface area contributed by atoms with Crippen molar-refractivity contribution in [3.8, 4) is 0 Å². The van der Waals surface area contributed by atoms with Gasteiger partial charge in [-0.05, 0) is 18.6 Å². The van der Waals surface area contributed by atoms with Gasteiger partial charge in [-0.15, -0.1) is 0 Å². The highest BCUT2D eigenvalue weighted by molar-refractivity contribution is 5.71. The quantitative estimate of drug-likeness (QED) is 0.710. The van der Waals surface area contributed by atoms with Gasteiger partial charge in [0.1, 0.15) is 5.69 Å². The van der Waals surface area contributed by atoms with Gasteiger partial charge in [0.15, 0.2) is 6.29 Å². The molecule has 4 nitrogen and oxygen atoms in total. The Kier molecular flexibility index (Phi) is 2.58. The zero-order chi connectivity index (χ0) is 10.7. The van der Waals surface area contributed by atoms with E-state index in [2.05, 4.69) is 9.97 Å². The molecule has 0 bridgehead atoms. The van der Waals surface area contributed by atoms with E-state index in [1.54, 1.807) is 24.9 Å². The Morgan fingerprint density at radius 2 is 2.27 bits per heavy atom. The van der Waals surface area contributed by atoms with Crippen molar-refractivity contribution in [2.24, 2.45) is 0 Å². The molecular formula is C11H11N3O. The SMILES string of the molecule is CC(c1cccnc1)n1cncc1C=O. The van der Waals surface area contributed by atoms with Gasteiger partial charge in [-0.3, -0.25) is 9.78 Å². The number of imidazole rings is 1. The Balaban J connectivity index is 2.36. The van der Waals surface area contributed by atoms with Crippen LogP contribution in [0.3, 0.4) is 0 Å². The molecule has 2 rings (SSSR count). The third-order valence-corrected chi connectivity index (χ3v) is 2.40. The lowest BCUT2D eigenvalue weighted by atomic mass is 10.1. The molecule has 2 aromatic heterocycles. The summed E-state index contributed by atoms with van der Waals surface area (Å²) in [4.78, 5) is 18.7. The van der Waals surface area contributed by atoms with Crippen molar-refractivity contribution < 1.29 is 4.79 Å². The van der Waals surface area contributed by atoms with Gasteiger partial charge >= 0.3 is 0 Å². The van der Waals surface area contributed by atoms with Crippen LogP contribution in [-0.4, -0.2) is 20.8 Å². The maximum Gasteiger partial charge on any atom is 0.168 e. The number of carbonyl (C=O) groups excluding carboxylic acids is 1. The molecule has 0 N–H and O–H groups in total. The number of hydrogen-bond donors (Lipinski definition) is 0. The van der Waals surface area contributed by atoms with Crippen molar-refractivity contribution in [2.45, 2.75) is 13.0 Å². The fraction of sp³-hybridized carbons (Fsp3) is 0.182. The maximum absolute atomic E-state index is 10.7. The molecule has 0 saturated carbocycles. The Morgan fingerprint density at radius 1 is 1.40 bits per heavy atom. The lowest BCUT2D eigenvalue weighted by Crippen LogP contribution is -2.08. The number of aromatic nitrogens is 3. The van der Waals surface area contributed by atoms with Gasteiger partial charge in [-0.1, -0.05) is 6.07 Å². The van der Waals surface area contributed by atoms with Crippen LogP contribution in [0.2, 0.25) is 0 Å². The van der Waals surface area contributed by atoms with E-state index in [4.69, 9.17) is 0 Å². The molecule has 0 saturated heterocycles. The van der Waals surface area contributed by atoms with Gasteiger partial charge in [-0.25, -0.2) is 4.98 Å². The van der Waals surface area contributed by atoms with E-state index in [1.165, 1.54) is 0 Å². The minimum atomic E-state index is 0.0707. The molecule has 2 aromatic rings. The highest BCUT2D eigenvalue weighted by atomic mass is 16.1. The summed E-state index contributed by atoms with van der Waals surface area (Å²) in [6, 6.07) is 3.93. The van der Waals surface area contributed by atoms with Crippen LogP contribution >= 0.6 is 0 Å². The largest absolute Gasteiger partial charge is 0.321 e. The molecule has 0 fully saturated rings. The average Bonchev–Trinajstić information content (AvgIpc) is 2.77. The van der Waals surface area contributed by atoms with Gasteiger partial charge in [0.05, 0.1) is 18.6 Å². The van der Waals surface area contributed by atoms with E-state index in [1.807, 2.05) is 23.6 Å². The Labute approximate surface area is 87.6 Å². The topological polar surface area (TPSA) is 47.8 Å². The first kappa shape index (κ1) is 9.58. The summed E-state index contributed by atoms with van der Waals surface area (Å²) in [7, 11) is 0. The zero-order valence-corrected chi connectivity index (χ0v) is 8.37. The Hall–Kier alpha value is -1.97. The van der Waals surface area contributed by atoms with Crippen LogP contribution in [0, 0.1) is 0 Å². The zero-order valence-electron chi connectivity index (χ0n) is 8.37. The maximum atomic E-state index is 10.7. The number of nitrogens with zero attached hydrogens (tertiary/aromatic N) is 3. The van der Waals surface area contributed by atoms with E-state index >= 15 is 0 Å². The molecule has 0 aliphatic heterocycles. The van der Waals surface area contributed by atoms with Crippen LogP contribution in [0.1, 0.15) is 29.0 Å². The average molecular weight is 201 g/mol. The third-order valence-electron chi connectivity index (χ3n) is 2.40. The summed E-state index contributed by atoms with van der Waals surface area (Å²) in [6.45, 7) is 2.01. The standard InChI is InChI=1S/C11H11N3O/c1-9(10-3-2-4-12-5-10)14-8-13-6-11(14)7-15/h2-9H,1H3. The van der Waals surface area contributed by atoms with Gasteiger partial charge in [0.25, 0.3) is 0 Å². The van der Waals surface area contributed by atoms with Crippen molar-refractivity contribution in [1.82, 2.24) is 14.5 Å². The van der Waals surface area contributed by atoms with Crippen molar-refractivity contribution in [3.05, 3.63) is 48.3 Å². The highest BCUT2D eigenvalue weighted by Gasteiger charge is 2.10. The Morgan fingerprint density at radius 3 is 2.93 bits per heavy atom. The summed E-state index contributed by atoms with van der Waals surface area (Å²) in [5.74, 6) is 0. The minimum Gasteiger partial charge on any atom is -0.321 e. The molecule has 0 aliphatic rings. The highest BCUT2D eigenvalue weighted by Crippen LogP contribution is 2.17. The van der Waals surface area contributed by atoms with Crippen LogP contribution < -0.4 is 0 Å². The normalized spacial score (nSPS) is 12.3. The molecule has 76 valence electrons. The summed E-state index contributed by atoms with van der Waals surface area (Å²) in [5, 5.41) is 0. The van der Waals surface area contributed by atoms with E-state index < -0.39 is 0 Å². The molecule has 1 atom stereocenters. The summed E-state index contributed by atoms with van der Waals surface area (Å²) >= 11 is 0. The second-order valence-electron chi connectivity index (χ2n) is 3.31. The molecule has 4 heteroatoms. The van der Waals surface area contributed by atoms with Gasteiger partial charge in [-0.2, -0.15) is 0 Å². The van der Waals surface area contributed by atoms with Crippen LogP contribution in [0.15, 0.2) is 37.1 Å². The summed E-state index contributed by atoms with van der Waals surface area (Å²) in [6.07, 6.45) is 7.53. The summed E-state index contributed by atoms with van der Waals surface area (Å²) in [5.41, 5.74) is 1.63. The van der Waals surface area contributed by atoms with E-state index in [-0.39, 0.29) is 6.04 Å². The molecule has 0 aliphatic carbocycles. The predicted molar refractivity (Wildman–Crippen MR) is 55.7 cm³/mol. The monoisotopic (exact) mass is 201 g/mol. The number of aldehydes is 1. The lowest BCUT2D eigenvalue weighted by Gasteiger charge is -2.14. The molecular weight excluding hydrogens is 190 g/mol. The van der Waals surface area contributed by atoms with E-state index in [0.29, 0.717) is 5.69 Å². The second kappa shape index (κ2) is 4.04. The predicted octanol–water partition coefficient (Wildman–Crippen LogP) is 1.70. The van der Waals surface area contributed by atoms with Crippen molar-refractivity contribution in [3.63, 3.8) is 0 Å². The van der Waals surface area contributed by atoms with Crippen LogP contribution in [-0.2, 0) is 0 Å². The van der Waals surface area contributed by atoms with Crippen LogP contribution in [0.25, 0.3) is 0 Å². The minimum absolute atomic E-state index is 0.0707. The molecule has 0 aromatic carbocycles. The van der Waals surface area contributed by atoms with Gasteiger partial charge in [0, 0.05) is 12.4 Å². The number of pyridine rings is 1. The number of carbonyl (C=O) groups is 1. The lowest BCUT2D eigenvalue weighted by molar-refractivity contribution is 0.111. The molecule has 0 spiro atoms. The molecule has 0 amide bonds. The Bertz CT molecular complexity index is 450. The number of hydrogen-bond acceptors (Lipinski definition) is 3. The van der Waals surface area contributed by atoms with E-state index in [0.717, 1.165) is 11.8 Å². The first-order valence-electron chi connectivity index (χ1n) is 4.70. The van der Waals surface area contributed by atoms with Crippen LogP contribution in [0.5, 0.6) is 0 Å². The molecule has 2 heterocycles. The van der Waals surface area contributed by atoms with Crippen molar-refractivity contribution in [1.29, 1.82) is 0 Å². The van der Waals surface area contributed by atoms with Crippen LogP contribution in [0.4, 0.5) is 0 Å². The molecule has 0 radical (unpaired) electrons. The fourth-order valence-electron chi connectivity index (χ4n) is 1.51. The first-order valence-corrected chi connectivity index (χ1v) is 4.70.